The molecule has 5 nitrogen and oxygen atoms in total. The molecule has 100 valence electrons. The fraction of sp³-hybridized carbons (Fsp3) is 0.818. The van der Waals surface area contributed by atoms with E-state index in [0.717, 1.165) is 6.42 Å². The minimum Gasteiger partial charge on any atom is -0.393 e. The number of likely N-dealkylation sites (tertiary alicyclic amines) is 1. The van der Waals surface area contributed by atoms with Crippen LogP contribution in [0.2, 0.25) is 0 Å². The van der Waals surface area contributed by atoms with Crippen molar-refractivity contribution in [3.05, 3.63) is 0 Å². The topological polar surface area (TPSA) is 79.9 Å². The number of hydrogen-bond acceptors (Lipinski definition) is 4. The first kappa shape index (κ1) is 16.4. The number of aliphatic imine (C=N–C) groups is 1. The van der Waals surface area contributed by atoms with Gasteiger partial charge in [-0.15, -0.1) is 0 Å². The van der Waals surface area contributed by atoms with Crippen molar-refractivity contribution >= 4 is 24.8 Å². The molecule has 6 heteroatoms. The molecule has 0 aromatic rings. The Hall–Kier alpha value is -0.590. The molecule has 0 unspecified atom stereocenters. The molecule has 1 aliphatic rings. The lowest BCUT2D eigenvalue weighted by atomic mass is 9.93. The molecule has 0 atom stereocenters. The van der Waals surface area contributed by atoms with E-state index in [-0.39, 0.29) is 12.6 Å². The first-order valence-electron chi connectivity index (χ1n) is 5.75. The predicted molar refractivity (Wildman–Crippen MR) is 74.3 cm³/mol. The molecular weight excluding hydrogens is 238 g/mol. The molecule has 1 saturated heterocycles. The van der Waals surface area contributed by atoms with Gasteiger partial charge in [-0.25, -0.2) is 4.99 Å². The second-order valence-corrected chi connectivity index (χ2v) is 3.91. The normalized spacial score (nSPS) is 18.8. The van der Waals surface area contributed by atoms with Gasteiger partial charge in [-0.3, -0.25) is 5.41 Å². The first-order valence-corrected chi connectivity index (χ1v) is 6.65. The van der Waals surface area contributed by atoms with Crippen molar-refractivity contribution in [1.29, 1.82) is 5.41 Å². The third-order valence-electron chi connectivity index (χ3n) is 2.68. The Labute approximate surface area is 108 Å². The summed E-state index contributed by atoms with van der Waals surface area (Å²) in [5, 5.41) is 26.4. The number of piperidine rings is 1. The zero-order valence-electron chi connectivity index (χ0n) is 10.6. The summed E-state index contributed by atoms with van der Waals surface area (Å²) in [7, 11) is 0. The van der Waals surface area contributed by atoms with Crippen LogP contribution in [0.4, 0.5) is 0 Å². The molecule has 1 fully saturated rings. The summed E-state index contributed by atoms with van der Waals surface area (Å²) in [5.74, 6) is 0.247. The van der Waals surface area contributed by atoms with Gasteiger partial charge < -0.3 is 15.1 Å². The second kappa shape index (κ2) is 8.49. The Morgan fingerprint density at radius 3 is 2.41 bits per heavy atom. The number of aliphatic hydroxyl groups excluding tert-OH is 1. The van der Waals surface area contributed by atoms with Crippen molar-refractivity contribution < 1.29 is 10.2 Å². The molecule has 1 heterocycles. The number of nitrogens with one attached hydrogen (secondary N) is 1. The Bertz CT molecular complexity index is 251. The van der Waals surface area contributed by atoms with Gasteiger partial charge in [0.15, 0.2) is 0 Å². The summed E-state index contributed by atoms with van der Waals surface area (Å²) in [4.78, 5) is 5.80. The average Bonchev–Trinajstić information content (AvgIpc) is 2.39. The first-order chi connectivity index (χ1) is 8.11. The standard InChI is InChI=1S/C10H19N3O2.CH4S/c1-2-5-12-9(11)13-6-3-10(15,8-14)4-7-13;1-2/h5,11,14-15H,2-4,6-8H2,1H3;2H,1H3/b11-9?,12-5-;. The van der Waals surface area contributed by atoms with Gasteiger partial charge in [0, 0.05) is 19.3 Å². The van der Waals surface area contributed by atoms with E-state index in [9.17, 15) is 5.11 Å². The molecular formula is C11H23N3O2S. The zero-order chi connectivity index (χ0) is 13.3. The van der Waals surface area contributed by atoms with Crippen molar-refractivity contribution in [2.45, 2.75) is 31.8 Å². The minimum atomic E-state index is -0.953. The molecule has 0 saturated carbocycles. The predicted octanol–water partition coefficient (Wildman–Crippen LogP) is 0.767. The molecule has 17 heavy (non-hydrogen) atoms. The van der Waals surface area contributed by atoms with E-state index in [4.69, 9.17) is 10.5 Å². The van der Waals surface area contributed by atoms with Crippen LogP contribution in [0, 0.1) is 5.41 Å². The van der Waals surface area contributed by atoms with Crippen LogP contribution < -0.4 is 0 Å². The zero-order valence-corrected chi connectivity index (χ0v) is 11.5. The highest BCUT2D eigenvalue weighted by atomic mass is 32.1. The third kappa shape index (κ3) is 5.52. The highest BCUT2D eigenvalue weighted by molar-refractivity contribution is 7.79. The van der Waals surface area contributed by atoms with Gasteiger partial charge in [0.1, 0.15) is 0 Å². The summed E-state index contributed by atoms with van der Waals surface area (Å²) in [6.45, 7) is 2.93. The highest BCUT2D eigenvalue weighted by Gasteiger charge is 2.32. The van der Waals surface area contributed by atoms with Gasteiger partial charge in [0.25, 0.3) is 0 Å². The van der Waals surface area contributed by atoms with Gasteiger partial charge in [-0.05, 0) is 25.5 Å². The molecule has 0 amide bonds. The van der Waals surface area contributed by atoms with E-state index in [1.807, 2.05) is 11.8 Å². The van der Waals surface area contributed by atoms with Crippen LogP contribution in [-0.4, -0.2) is 58.8 Å². The van der Waals surface area contributed by atoms with Crippen LogP contribution in [0.5, 0.6) is 0 Å². The van der Waals surface area contributed by atoms with E-state index >= 15 is 0 Å². The molecule has 0 aliphatic carbocycles. The van der Waals surface area contributed by atoms with E-state index in [1.165, 1.54) is 0 Å². The Kier molecular flexibility index (Phi) is 8.20. The van der Waals surface area contributed by atoms with Crippen molar-refractivity contribution in [2.75, 3.05) is 26.0 Å². The quantitative estimate of drug-likeness (QED) is 0.337. The highest BCUT2D eigenvalue weighted by Crippen LogP contribution is 2.21. The van der Waals surface area contributed by atoms with E-state index < -0.39 is 5.60 Å². The third-order valence-corrected chi connectivity index (χ3v) is 2.68. The van der Waals surface area contributed by atoms with E-state index in [2.05, 4.69) is 17.6 Å². The van der Waals surface area contributed by atoms with Crippen molar-refractivity contribution in [3.8, 4) is 0 Å². The second-order valence-electron chi connectivity index (χ2n) is 3.91. The molecule has 0 aromatic carbocycles. The summed E-state index contributed by atoms with van der Waals surface area (Å²) >= 11 is 3.53. The summed E-state index contributed by atoms with van der Waals surface area (Å²) < 4.78 is 0. The maximum absolute atomic E-state index is 9.77. The van der Waals surface area contributed by atoms with Gasteiger partial charge in [-0.2, -0.15) is 12.6 Å². The lowest BCUT2D eigenvalue weighted by Gasteiger charge is -2.37. The Morgan fingerprint density at radius 2 is 2.00 bits per heavy atom. The molecule has 0 spiro atoms. The molecule has 3 N–H and O–H groups in total. The van der Waals surface area contributed by atoms with Crippen molar-refractivity contribution in [1.82, 2.24) is 4.90 Å². The van der Waals surface area contributed by atoms with Crippen LogP contribution in [0.15, 0.2) is 4.99 Å². The number of rotatable bonds is 2. The summed E-state index contributed by atoms with van der Waals surface area (Å²) in [6, 6.07) is 0. The largest absolute Gasteiger partial charge is 0.393 e. The van der Waals surface area contributed by atoms with Crippen LogP contribution in [0.3, 0.4) is 0 Å². The average molecular weight is 261 g/mol. The minimum absolute atomic E-state index is 0.202. The molecule has 0 radical (unpaired) electrons. The SMILES string of the molecule is CC/C=N\C(=N)N1CCC(O)(CO)CC1.CS. The Balaban J connectivity index is 0.00000121. The number of aliphatic hydroxyl groups is 2. The number of hydrogen-bond donors (Lipinski definition) is 4. The summed E-state index contributed by atoms with van der Waals surface area (Å²) in [5.41, 5.74) is -0.953. The maximum atomic E-state index is 9.77. The Morgan fingerprint density at radius 1 is 1.47 bits per heavy atom. The van der Waals surface area contributed by atoms with Crippen LogP contribution in [0.1, 0.15) is 26.2 Å². The van der Waals surface area contributed by atoms with Crippen LogP contribution in [0.25, 0.3) is 0 Å². The smallest absolute Gasteiger partial charge is 0.217 e. The lowest BCUT2D eigenvalue weighted by Crippen LogP contribution is -2.48. The fourth-order valence-electron chi connectivity index (χ4n) is 1.55. The van der Waals surface area contributed by atoms with Crippen LogP contribution in [-0.2, 0) is 0 Å². The molecule has 0 aromatic heterocycles. The lowest BCUT2D eigenvalue weighted by molar-refractivity contribution is -0.0500. The van der Waals surface area contributed by atoms with E-state index in [0.29, 0.717) is 25.9 Å². The van der Waals surface area contributed by atoms with Gasteiger partial charge >= 0.3 is 0 Å². The van der Waals surface area contributed by atoms with Crippen LogP contribution >= 0.6 is 12.6 Å². The fourth-order valence-corrected chi connectivity index (χ4v) is 1.55. The van der Waals surface area contributed by atoms with E-state index in [1.54, 1.807) is 12.5 Å². The number of nitrogens with zero attached hydrogens (tertiary/aromatic N) is 2. The van der Waals surface area contributed by atoms with Gasteiger partial charge in [-0.1, -0.05) is 6.92 Å². The van der Waals surface area contributed by atoms with Gasteiger partial charge in [0.05, 0.1) is 12.2 Å². The van der Waals surface area contributed by atoms with Gasteiger partial charge in [0.2, 0.25) is 5.96 Å². The molecule has 1 aliphatic heterocycles. The van der Waals surface area contributed by atoms with Crippen molar-refractivity contribution in [3.63, 3.8) is 0 Å². The maximum Gasteiger partial charge on any atom is 0.217 e. The molecule has 0 bridgehead atoms. The summed E-state index contributed by atoms with van der Waals surface area (Å²) in [6.07, 6.45) is 5.20. The number of thiol groups is 1. The van der Waals surface area contributed by atoms with Crippen molar-refractivity contribution in [2.24, 2.45) is 4.99 Å². The monoisotopic (exact) mass is 261 g/mol. The number of guanidine groups is 1. The molecule has 1 rings (SSSR count).